The van der Waals surface area contributed by atoms with Gasteiger partial charge in [0.25, 0.3) is 0 Å². The van der Waals surface area contributed by atoms with E-state index in [-0.39, 0.29) is 18.4 Å². The number of aliphatic hydroxyl groups is 1. The van der Waals surface area contributed by atoms with E-state index in [2.05, 4.69) is 0 Å². The number of hydrogen-bond donors (Lipinski definition) is 1. The predicted molar refractivity (Wildman–Crippen MR) is 65.1 cm³/mol. The molecule has 1 atom stereocenters. The van der Waals surface area contributed by atoms with Crippen LogP contribution in [-0.4, -0.2) is 36.1 Å². The molecule has 0 aromatic carbocycles. The highest BCUT2D eigenvalue weighted by Crippen LogP contribution is 2.24. The summed E-state index contributed by atoms with van der Waals surface area (Å²) in [6.07, 6.45) is 7.21. The molecule has 1 rings (SSSR count). The van der Waals surface area contributed by atoms with E-state index in [4.69, 9.17) is 5.11 Å². The smallest absolute Gasteiger partial charge is 0.227 e. The van der Waals surface area contributed by atoms with E-state index in [1.165, 1.54) is 32.1 Å². The molecule has 0 aromatic heterocycles. The maximum atomic E-state index is 11.9. The van der Waals surface area contributed by atoms with Crippen molar-refractivity contribution in [1.82, 2.24) is 4.90 Å². The molecule has 1 unspecified atom stereocenters. The van der Waals surface area contributed by atoms with E-state index in [0.29, 0.717) is 5.92 Å². The minimum Gasteiger partial charge on any atom is -0.396 e. The van der Waals surface area contributed by atoms with Crippen LogP contribution in [0.4, 0.5) is 0 Å². The van der Waals surface area contributed by atoms with Crippen LogP contribution in [0.2, 0.25) is 0 Å². The largest absolute Gasteiger partial charge is 0.396 e. The van der Waals surface area contributed by atoms with Crippen LogP contribution in [0.5, 0.6) is 0 Å². The number of rotatable bonds is 5. The molecule has 0 aromatic rings. The van der Waals surface area contributed by atoms with Crippen molar-refractivity contribution >= 4 is 5.91 Å². The van der Waals surface area contributed by atoms with Crippen molar-refractivity contribution in [2.24, 2.45) is 11.8 Å². The summed E-state index contributed by atoms with van der Waals surface area (Å²) in [6, 6.07) is 0. The molecule has 1 N–H and O–H groups in total. The zero-order valence-electron chi connectivity index (χ0n) is 10.6. The molecule has 3 nitrogen and oxygen atoms in total. The van der Waals surface area contributed by atoms with Crippen molar-refractivity contribution in [1.29, 1.82) is 0 Å². The van der Waals surface area contributed by atoms with E-state index >= 15 is 0 Å². The Hall–Kier alpha value is -0.570. The van der Waals surface area contributed by atoms with Crippen LogP contribution in [0.25, 0.3) is 0 Å². The first-order valence-corrected chi connectivity index (χ1v) is 6.54. The van der Waals surface area contributed by atoms with E-state index in [0.717, 1.165) is 13.0 Å². The van der Waals surface area contributed by atoms with Crippen LogP contribution < -0.4 is 0 Å². The monoisotopic (exact) mass is 227 g/mol. The summed E-state index contributed by atoms with van der Waals surface area (Å²) >= 11 is 0. The molecule has 3 heteroatoms. The third kappa shape index (κ3) is 3.78. The summed E-state index contributed by atoms with van der Waals surface area (Å²) < 4.78 is 0. The zero-order valence-corrected chi connectivity index (χ0v) is 10.6. The van der Waals surface area contributed by atoms with Crippen LogP contribution in [0.1, 0.15) is 45.4 Å². The lowest BCUT2D eigenvalue weighted by Crippen LogP contribution is -2.38. The van der Waals surface area contributed by atoms with Crippen molar-refractivity contribution in [3.8, 4) is 0 Å². The highest BCUT2D eigenvalue weighted by atomic mass is 16.3. The summed E-state index contributed by atoms with van der Waals surface area (Å²) in [4.78, 5) is 13.8. The first kappa shape index (κ1) is 13.5. The van der Waals surface area contributed by atoms with Gasteiger partial charge in [-0.15, -0.1) is 0 Å². The maximum Gasteiger partial charge on any atom is 0.227 e. The van der Waals surface area contributed by atoms with Crippen molar-refractivity contribution in [3.05, 3.63) is 0 Å². The number of hydrogen-bond acceptors (Lipinski definition) is 2. The molecule has 94 valence electrons. The summed E-state index contributed by atoms with van der Waals surface area (Å²) in [7, 11) is 1.87. The van der Waals surface area contributed by atoms with Gasteiger partial charge in [0.15, 0.2) is 0 Å². The van der Waals surface area contributed by atoms with Gasteiger partial charge in [0.05, 0.1) is 12.5 Å². The number of carbonyl (C=O) groups excluding carboxylic acids is 1. The quantitative estimate of drug-likeness (QED) is 0.781. The Kier molecular flexibility index (Phi) is 5.81. The Bertz CT molecular complexity index is 208. The average Bonchev–Trinajstić information content (AvgIpc) is 2.31. The van der Waals surface area contributed by atoms with Gasteiger partial charge in [-0.3, -0.25) is 4.79 Å². The van der Waals surface area contributed by atoms with Crippen molar-refractivity contribution in [3.63, 3.8) is 0 Å². The van der Waals surface area contributed by atoms with Crippen LogP contribution in [0, 0.1) is 11.8 Å². The first-order valence-electron chi connectivity index (χ1n) is 6.54. The topological polar surface area (TPSA) is 40.5 Å². The normalized spacial score (nSPS) is 19.4. The molecule has 0 saturated heterocycles. The molecule has 0 heterocycles. The van der Waals surface area contributed by atoms with Crippen LogP contribution in [0.15, 0.2) is 0 Å². The molecule has 1 aliphatic carbocycles. The highest BCUT2D eigenvalue weighted by molar-refractivity contribution is 5.78. The Morgan fingerprint density at radius 3 is 2.50 bits per heavy atom. The van der Waals surface area contributed by atoms with Crippen molar-refractivity contribution < 1.29 is 9.90 Å². The van der Waals surface area contributed by atoms with E-state index < -0.39 is 0 Å². The Balaban J connectivity index is 2.37. The summed E-state index contributed by atoms with van der Waals surface area (Å²) in [6.45, 7) is 2.80. The van der Waals surface area contributed by atoms with Crippen molar-refractivity contribution in [2.45, 2.75) is 45.4 Å². The summed E-state index contributed by atoms with van der Waals surface area (Å²) in [5.74, 6) is 0.586. The molecule has 1 aliphatic rings. The van der Waals surface area contributed by atoms with Gasteiger partial charge >= 0.3 is 0 Å². The molecular weight excluding hydrogens is 202 g/mol. The molecule has 1 saturated carbocycles. The Morgan fingerprint density at radius 1 is 1.38 bits per heavy atom. The fourth-order valence-corrected chi connectivity index (χ4v) is 2.54. The van der Waals surface area contributed by atoms with Gasteiger partial charge in [-0.25, -0.2) is 0 Å². The minimum atomic E-state index is -0.200. The lowest BCUT2D eigenvalue weighted by atomic mass is 9.89. The first-order chi connectivity index (χ1) is 7.69. The van der Waals surface area contributed by atoms with E-state index in [9.17, 15) is 4.79 Å². The fourth-order valence-electron chi connectivity index (χ4n) is 2.54. The average molecular weight is 227 g/mol. The predicted octanol–water partition coefficient (Wildman–Crippen LogP) is 2.04. The number of carbonyl (C=O) groups is 1. The second kappa shape index (κ2) is 6.89. The lowest BCUT2D eigenvalue weighted by molar-refractivity contribution is -0.136. The van der Waals surface area contributed by atoms with Crippen LogP contribution >= 0.6 is 0 Å². The highest BCUT2D eigenvalue weighted by Gasteiger charge is 2.22. The summed E-state index contributed by atoms with van der Waals surface area (Å²) in [5, 5.41) is 9.10. The molecular formula is C13H25NO2. The van der Waals surface area contributed by atoms with Gasteiger partial charge in [0, 0.05) is 13.6 Å². The van der Waals surface area contributed by atoms with Gasteiger partial charge in [-0.1, -0.05) is 26.2 Å². The molecule has 1 fully saturated rings. The number of nitrogens with zero attached hydrogens (tertiary/aromatic N) is 1. The summed E-state index contributed by atoms with van der Waals surface area (Å²) in [5.41, 5.74) is 0. The van der Waals surface area contributed by atoms with Gasteiger partial charge in [-0.2, -0.15) is 0 Å². The van der Waals surface area contributed by atoms with Gasteiger partial charge in [0.2, 0.25) is 5.91 Å². The van der Waals surface area contributed by atoms with Crippen LogP contribution in [0.3, 0.4) is 0 Å². The minimum absolute atomic E-state index is 0.0235. The van der Waals surface area contributed by atoms with Gasteiger partial charge in [0.1, 0.15) is 0 Å². The third-order valence-electron chi connectivity index (χ3n) is 3.70. The van der Waals surface area contributed by atoms with Crippen LogP contribution in [-0.2, 0) is 4.79 Å². The molecule has 0 spiro atoms. The van der Waals surface area contributed by atoms with Crippen molar-refractivity contribution in [2.75, 3.05) is 20.2 Å². The Labute approximate surface area is 98.8 Å². The number of aliphatic hydroxyl groups excluding tert-OH is 1. The molecule has 1 amide bonds. The third-order valence-corrected chi connectivity index (χ3v) is 3.70. The number of amides is 1. The molecule has 0 aliphatic heterocycles. The second-order valence-electron chi connectivity index (χ2n) is 5.01. The standard InChI is InChI=1S/C13H25NO2/c1-3-12(10-15)13(16)14(2)9-11-7-5-4-6-8-11/h11-12,15H,3-10H2,1-2H3. The second-order valence-corrected chi connectivity index (χ2v) is 5.01. The SMILES string of the molecule is CCC(CO)C(=O)N(C)CC1CCCCC1. The van der Waals surface area contributed by atoms with Gasteiger partial charge in [-0.05, 0) is 25.2 Å². The Morgan fingerprint density at radius 2 is 2.00 bits per heavy atom. The zero-order chi connectivity index (χ0) is 12.0. The van der Waals surface area contributed by atoms with E-state index in [1.807, 2.05) is 18.9 Å². The van der Waals surface area contributed by atoms with Gasteiger partial charge < -0.3 is 10.0 Å². The lowest BCUT2D eigenvalue weighted by Gasteiger charge is -2.28. The van der Waals surface area contributed by atoms with E-state index in [1.54, 1.807) is 0 Å². The molecule has 16 heavy (non-hydrogen) atoms. The molecule has 0 bridgehead atoms. The fraction of sp³-hybridized carbons (Fsp3) is 0.923. The maximum absolute atomic E-state index is 11.9. The molecule has 0 radical (unpaired) electrons.